The van der Waals surface area contributed by atoms with Gasteiger partial charge in [-0.1, -0.05) is 18.6 Å². The number of carbonyl (C=O) groups excluding carboxylic acids is 2. The minimum atomic E-state index is -1.32. The molecule has 1 aromatic rings. The smallest absolute Gasteiger partial charge is 0.338 e. The number of aromatic carboxylic acids is 1. The van der Waals surface area contributed by atoms with Crippen molar-refractivity contribution in [2.24, 2.45) is 0 Å². The van der Waals surface area contributed by atoms with E-state index < -0.39 is 11.9 Å². The number of benzene rings is 1. The molecule has 0 amide bonds. The van der Waals surface area contributed by atoms with Crippen molar-refractivity contribution in [3.63, 3.8) is 0 Å². The molecular weight excluding hydrogens is 248 g/mol. The minimum Gasteiger partial charge on any atom is -0.545 e. The van der Waals surface area contributed by atoms with E-state index in [1.165, 1.54) is 24.3 Å². The zero-order valence-corrected chi connectivity index (χ0v) is 10.6. The van der Waals surface area contributed by atoms with Gasteiger partial charge in [-0.05, 0) is 37.0 Å². The van der Waals surface area contributed by atoms with Gasteiger partial charge in [0.2, 0.25) is 0 Å². The fraction of sp³-hybridized carbons (Fsp3) is 0.429. The number of esters is 1. The number of hydrogen-bond donors (Lipinski definition) is 1. The predicted molar refractivity (Wildman–Crippen MR) is 66.6 cm³/mol. The van der Waals surface area contributed by atoms with Crippen molar-refractivity contribution in [2.45, 2.75) is 25.7 Å². The second-order valence-corrected chi connectivity index (χ2v) is 4.14. The van der Waals surface area contributed by atoms with Crippen molar-refractivity contribution < 1.29 is 24.5 Å². The highest BCUT2D eigenvalue weighted by molar-refractivity contribution is 5.93. The molecule has 104 valence electrons. The first-order valence-corrected chi connectivity index (χ1v) is 6.24. The summed E-state index contributed by atoms with van der Waals surface area (Å²) >= 11 is 0. The first-order valence-electron chi connectivity index (χ1n) is 6.24. The molecule has 0 spiro atoms. The molecule has 0 heterocycles. The first kappa shape index (κ1) is 15.2. The Morgan fingerprint density at radius 1 is 1.11 bits per heavy atom. The van der Waals surface area contributed by atoms with Crippen LogP contribution in [0.5, 0.6) is 0 Å². The van der Waals surface area contributed by atoms with Gasteiger partial charge in [0.25, 0.3) is 0 Å². The Labute approximate surface area is 111 Å². The number of carbonyl (C=O) groups is 2. The summed E-state index contributed by atoms with van der Waals surface area (Å²) in [4.78, 5) is 22.3. The molecule has 0 aliphatic carbocycles. The molecule has 5 nitrogen and oxygen atoms in total. The van der Waals surface area contributed by atoms with Crippen molar-refractivity contribution in [1.82, 2.24) is 0 Å². The maximum Gasteiger partial charge on any atom is 0.338 e. The van der Waals surface area contributed by atoms with Gasteiger partial charge in [-0.3, -0.25) is 0 Å². The second-order valence-electron chi connectivity index (χ2n) is 4.14. The van der Waals surface area contributed by atoms with E-state index in [1.54, 1.807) is 0 Å². The highest BCUT2D eigenvalue weighted by atomic mass is 16.5. The average molecular weight is 265 g/mol. The Morgan fingerprint density at radius 2 is 1.79 bits per heavy atom. The third-order valence-electron chi connectivity index (χ3n) is 2.62. The van der Waals surface area contributed by atoms with Crippen LogP contribution in [0.3, 0.4) is 0 Å². The molecule has 0 bridgehead atoms. The summed E-state index contributed by atoms with van der Waals surface area (Å²) in [6.45, 7) is 0.468. The van der Waals surface area contributed by atoms with Crippen molar-refractivity contribution in [1.29, 1.82) is 0 Å². The van der Waals surface area contributed by atoms with Crippen molar-refractivity contribution in [2.75, 3.05) is 13.2 Å². The molecule has 1 rings (SSSR count). The summed E-state index contributed by atoms with van der Waals surface area (Å²) in [6.07, 6.45) is 3.26. The van der Waals surface area contributed by atoms with Gasteiger partial charge in [-0.25, -0.2) is 4.79 Å². The second kappa shape index (κ2) is 8.26. The van der Waals surface area contributed by atoms with Crippen LogP contribution in [0.2, 0.25) is 0 Å². The third kappa shape index (κ3) is 5.52. The molecule has 0 atom stereocenters. The molecule has 0 aliphatic rings. The quantitative estimate of drug-likeness (QED) is 0.554. The number of aliphatic hydroxyl groups excluding tert-OH is 1. The number of rotatable bonds is 8. The third-order valence-corrected chi connectivity index (χ3v) is 2.62. The van der Waals surface area contributed by atoms with Crippen molar-refractivity contribution in [3.05, 3.63) is 35.4 Å². The molecule has 0 unspecified atom stereocenters. The maximum absolute atomic E-state index is 11.6. The van der Waals surface area contributed by atoms with Gasteiger partial charge in [0.1, 0.15) is 0 Å². The number of unbranched alkanes of at least 4 members (excludes halogenated alkanes) is 3. The van der Waals surface area contributed by atoms with Crippen LogP contribution in [0.15, 0.2) is 24.3 Å². The molecule has 1 aromatic carbocycles. The van der Waals surface area contributed by atoms with Gasteiger partial charge >= 0.3 is 5.97 Å². The summed E-state index contributed by atoms with van der Waals surface area (Å²) in [7, 11) is 0. The number of carboxylic acid groups (broad SMARTS) is 1. The molecule has 0 aliphatic heterocycles. The summed E-state index contributed by atoms with van der Waals surface area (Å²) in [6, 6.07) is 5.58. The number of hydrogen-bond acceptors (Lipinski definition) is 5. The molecular formula is C14H17O5-. The van der Waals surface area contributed by atoms with E-state index in [4.69, 9.17) is 9.84 Å². The molecule has 0 fully saturated rings. The van der Waals surface area contributed by atoms with Gasteiger partial charge in [0.05, 0.1) is 18.1 Å². The fourth-order valence-corrected chi connectivity index (χ4v) is 1.59. The zero-order valence-electron chi connectivity index (χ0n) is 10.6. The summed E-state index contributed by atoms with van der Waals surface area (Å²) in [5.74, 6) is -1.86. The average Bonchev–Trinajstić information content (AvgIpc) is 2.42. The van der Waals surface area contributed by atoms with Crippen molar-refractivity contribution >= 4 is 11.9 Å². The number of carboxylic acids is 1. The summed E-state index contributed by atoms with van der Waals surface area (Å²) in [5, 5.41) is 19.2. The molecule has 5 heteroatoms. The van der Waals surface area contributed by atoms with E-state index in [0.717, 1.165) is 25.7 Å². The Hall–Kier alpha value is -1.88. The SMILES string of the molecule is O=C([O-])c1cccc(C(=O)OCCCCCCO)c1. The number of ether oxygens (including phenoxy) is 1. The molecule has 1 N–H and O–H groups in total. The zero-order chi connectivity index (χ0) is 14.1. The van der Waals surface area contributed by atoms with Crippen LogP contribution < -0.4 is 5.11 Å². The summed E-state index contributed by atoms with van der Waals surface area (Å²) in [5.41, 5.74) is 0.162. The van der Waals surface area contributed by atoms with Crippen LogP contribution in [-0.2, 0) is 4.74 Å². The van der Waals surface area contributed by atoms with Crippen LogP contribution in [0.1, 0.15) is 46.4 Å². The van der Waals surface area contributed by atoms with Crippen LogP contribution >= 0.6 is 0 Å². The van der Waals surface area contributed by atoms with Gasteiger partial charge in [-0.2, -0.15) is 0 Å². The molecule has 0 saturated heterocycles. The maximum atomic E-state index is 11.6. The van der Waals surface area contributed by atoms with Crippen LogP contribution in [0.4, 0.5) is 0 Å². The largest absolute Gasteiger partial charge is 0.545 e. The van der Waals surface area contributed by atoms with Gasteiger partial charge in [0, 0.05) is 6.61 Å². The first-order chi connectivity index (χ1) is 9.15. The highest BCUT2D eigenvalue weighted by Crippen LogP contribution is 2.07. The Balaban J connectivity index is 2.37. The Kier molecular flexibility index (Phi) is 6.60. The topological polar surface area (TPSA) is 86.7 Å². The summed E-state index contributed by atoms with van der Waals surface area (Å²) < 4.78 is 5.03. The van der Waals surface area contributed by atoms with E-state index in [9.17, 15) is 14.7 Å². The lowest BCUT2D eigenvalue weighted by Crippen LogP contribution is -2.22. The molecule has 0 saturated carbocycles. The monoisotopic (exact) mass is 265 g/mol. The highest BCUT2D eigenvalue weighted by Gasteiger charge is 2.07. The molecule has 19 heavy (non-hydrogen) atoms. The minimum absolute atomic E-state index is 0.0441. The Morgan fingerprint density at radius 3 is 2.47 bits per heavy atom. The van der Waals surface area contributed by atoms with Gasteiger partial charge < -0.3 is 19.7 Å². The standard InChI is InChI=1S/C14H18O5/c15-8-3-1-2-4-9-19-14(18)12-7-5-6-11(10-12)13(16)17/h5-7,10,15H,1-4,8-9H2,(H,16,17)/p-1. The fourth-order valence-electron chi connectivity index (χ4n) is 1.59. The Bertz CT molecular complexity index is 428. The molecule has 0 aromatic heterocycles. The lowest BCUT2D eigenvalue weighted by Gasteiger charge is -2.07. The van der Waals surface area contributed by atoms with Crippen LogP contribution in [0, 0.1) is 0 Å². The van der Waals surface area contributed by atoms with Crippen LogP contribution in [-0.4, -0.2) is 30.3 Å². The van der Waals surface area contributed by atoms with Crippen LogP contribution in [0.25, 0.3) is 0 Å². The lowest BCUT2D eigenvalue weighted by molar-refractivity contribution is -0.255. The predicted octanol–water partition coefficient (Wildman–Crippen LogP) is 0.760. The van der Waals surface area contributed by atoms with E-state index in [-0.39, 0.29) is 17.7 Å². The lowest BCUT2D eigenvalue weighted by atomic mass is 10.1. The molecule has 0 radical (unpaired) electrons. The van der Waals surface area contributed by atoms with Gasteiger partial charge in [0.15, 0.2) is 0 Å². The van der Waals surface area contributed by atoms with E-state index in [2.05, 4.69) is 0 Å². The van der Waals surface area contributed by atoms with E-state index >= 15 is 0 Å². The van der Waals surface area contributed by atoms with E-state index in [1.807, 2.05) is 0 Å². The number of aliphatic hydroxyl groups is 1. The van der Waals surface area contributed by atoms with Crippen molar-refractivity contribution in [3.8, 4) is 0 Å². The van der Waals surface area contributed by atoms with E-state index in [0.29, 0.717) is 6.61 Å². The van der Waals surface area contributed by atoms with Gasteiger partial charge in [-0.15, -0.1) is 0 Å². The normalized spacial score (nSPS) is 10.2.